The Morgan fingerprint density at radius 3 is 2.90 bits per heavy atom. The largest absolute Gasteiger partial charge is 0.350 e. The molecule has 1 N–H and O–H groups in total. The highest BCUT2D eigenvalue weighted by molar-refractivity contribution is 5.82. The van der Waals surface area contributed by atoms with Crippen molar-refractivity contribution in [2.24, 2.45) is 11.0 Å². The third-order valence-corrected chi connectivity index (χ3v) is 2.53. The first kappa shape index (κ1) is 15.4. The Morgan fingerprint density at radius 2 is 2.35 bits per heavy atom. The Labute approximate surface area is 114 Å². The molecule has 0 saturated carbocycles. The van der Waals surface area contributed by atoms with Crippen LogP contribution in [0.4, 0.5) is 5.69 Å². The fourth-order valence-corrected chi connectivity index (χ4v) is 1.50. The van der Waals surface area contributed by atoms with Gasteiger partial charge in [0.05, 0.1) is 17.2 Å². The van der Waals surface area contributed by atoms with Gasteiger partial charge in [-0.2, -0.15) is 0 Å². The van der Waals surface area contributed by atoms with Gasteiger partial charge in [-0.05, 0) is 11.4 Å². The number of azide groups is 1. The number of nitrogens with zero attached hydrogens (tertiary/aromatic N) is 5. The molecule has 1 unspecified atom stereocenters. The fraction of sp³-hybridized carbons (Fsp3) is 0.455. The zero-order valence-corrected chi connectivity index (χ0v) is 11.1. The van der Waals surface area contributed by atoms with E-state index in [1.54, 1.807) is 13.8 Å². The number of carbonyl (C=O) groups excluding carboxylic acids is 1. The molecule has 0 aromatic carbocycles. The molecule has 1 amide bonds. The van der Waals surface area contributed by atoms with E-state index in [-0.39, 0.29) is 18.2 Å². The molecule has 0 bridgehead atoms. The van der Waals surface area contributed by atoms with E-state index < -0.39 is 16.9 Å². The predicted octanol–water partition coefficient (Wildman–Crippen LogP) is 1.94. The maximum atomic E-state index is 11.8. The lowest BCUT2D eigenvalue weighted by atomic mass is 10.0. The summed E-state index contributed by atoms with van der Waals surface area (Å²) in [6.07, 6.45) is 1.30. The van der Waals surface area contributed by atoms with Crippen LogP contribution in [0.15, 0.2) is 23.4 Å². The Hall–Kier alpha value is -2.67. The molecule has 1 heterocycles. The molecule has 0 saturated heterocycles. The van der Waals surface area contributed by atoms with Gasteiger partial charge >= 0.3 is 0 Å². The minimum atomic E-state index is -0.821. The summed E-state index contributed by atoms with van der Waals surface area (Å²) in [4.78, 5) is 28.5. The second-order valence-corrected chi connectivity index (χ2v) is 4.37. The molecule has 9 heteroatoms. The van der Waals surface area contributed by atoms with Gasteiger partial charge in [-0.25, -0.2) is 0 Å². The zero-order valence-electron chi connectivity index (χ0n) is 11.1. The van der Waals surface area contributed by atoms with E-state index in [9.17, 15) is 14.9 Å². The first-order valence-electron chi connectivity index (χ1n) is 5.87. The van der Waals surface area contributed by atoms with Crippen molar-refractivity contribution >= 4 is 11.6 Å². The highest BCUT2D eigenvalue weighted by atomic mass is 16.6. The monoisotopic (exact) mass is 278 g/mol. The topological polar surface area (TPSA) is 134 Å². The average Bonchev–Trinajstić information content (AvgIpc) is 2.42. The molecule has 1 aromatic heterocycles. The van der Waals surface area contributed by atoms with Crippen molar-refractivity contribution in [3.05, 3.63) is 44.6 Å². The molecule has 0 spiro atoms. The Kier molecular flexibility index (Phi) is 5.42. The van der Waals surface area contributed by atoms with Gasteiger partial charge in [0.2, 0.25) is 5.91 Å². The third-order valence-electron chi connectivity index (χ3n) is 2.53. The van der Waals surface area contributed by atoms with Crippen LogP contribution in [0.5, 0.6) is 0 Å². The second kappa shape index (κ2) is 7.05. The number of nitrogens with one attached hydrogen (secondary N) is 1. The smallest absolute Gasteiger partial charge is 0.272 e. The van der Waals surface area contributed by atoms with Crippen LogP contribution in [0.1, 0.15) is 19.5 Å². The summed E-state index contributed by atoms with van der Waals surface area (Å²) in [5.74, 6) is -0.588. The number of hydrogen-bond acceptors (Lipinski definition) is 5. The quantitative estimate of drug-likeness (QED) is 0.279. The number of nitro groups is 1. The summed E-state index contributed by atoms with van der Waals surface area (Å²) in [7, 11) is 0. The number of aromatic nitrogens is 1. The lowest BCUT2D eigenvalue weighted by Gasteiger charge is -2.14. The molecule has 1 atom stereocenters. The van der Waals surface area contributed by atoms with Gasteiger partial charge in [-0.1, -0.05) is 19.0 Å². The van der Waals surface area contributed by atoms with Crippen molar-refractivity contribution in [1.29, 1.82) is 0 Å². The van der Waals surface area contributed by atoms with Crippen molar-refractivity contribution in [2.45, 2.75) is 26.4 Å². The van der Waals surface area contributed by atoms with Gasteiger partial charge in [0, 0.05) is 23.2 Å². The SMILES string of the molecule is CC(C)C(N=[N+]=[N-])C(=O)NCc1cc([N+](=O)[O-])ccn1. The molecule has 0 aliphatic heterocycles. The van der Waals surface area contributed by atoms with Gasteiger partial charge in [-0.3, -0.25) is 19.9 Å². The van der Waals surface area contributed by atoms with Crippen LogP contribution in [-0.4, -0.2) is 21.9 Å². The van der Waals surface area contributed by atoms with Crippen LogP contribution in [0.25, 0.3) is 10.4 Å². The first-order valence-corrected chi connectivity index (χ1v) is 5.87. The highest BCUT2D eigenvalue weighted by Crippen LogP contribution is 2.11. The van der Waals surface area contributed by atoms with E-state index in [0.29, 0.717) is 5.69 Å². The van der Waals surface area contributed by atoms with Gasteiger partial charge in [-0.15, -0.1) is 0 Å². The van der Waals surface area contributed by atoms with Crippen molar-refractivity contribution < 1.29 is 9.72 Å². The van der Waals surface area contributed by atoms with E-state index in [1.807, 2.05) is 0 Å². The van der Waals surface area contributed by atoms with Crippen LogP contribution < -0.4 is 5.32 Å². The summed E-state index contributed by atoms with van der Waals surface area (Å²) in [5, 5.41) is 16.6. The standard InChI is InChI=1S/C11H14N6O3/c1-7(2)10(15-16-12)11(18)14-6-8-5-9(17(19)20)3-4-13-8/h3-5,7,10H,6H2,1-2H3,(H,14,18). The molecule has 0 fully saturated rings. The minimum absolute atomic E-state index is 0.0324. The molecule has 1 rings (SSSR count). The predicted molar refractivity (Wildman–Crippen MR) is 70.5 cm³/mol. The first-order chi connectivity index (χ1) is 9.45. The van der Waals surface area contributed by atoms with Gasteiger partial charge in [0.15, 0.2) is 0 Å². The van der Waals surface area contributed by atoms with E-state index in [1.165, 1.54) is 18.3 Å². The van der Waals surface area contributed by atoms with E-state index in [0.717, 1.165) is 0 Å². The summed E-state index contributed by atoms with van der Waals surface area (Å²) < 4.78 is 0. The van der Waals surface area contributed by atoms with Crippen LogP contribution in [0.2, 0.25) is 0 Å². The summed E-state index contributed by atoms with van der Waals surface area (Å²) in [6, 6.07) is 1.72. The molecule has 106 valence electrons. The van der Waals surface area contributed by atoms with E-state index in [4.69, 9.17) is 5.53 Å². The van der Waals surface area contributed by atoms with Crippen molar-refractivity contribution in [3.8, 4) is 0 Å². The number of hydrogen-bond donors (Lipinski definition) is 1. The van der Waals surface area contributed by atoms with Gasteiger partial charge in [0.25, 0.3) is 5.69 Å². The lowest BCUT2D eigenvalue weighted by molar-refractivity contribution is -0.385. The third kappa shape index (κ3) is 4.21. The van der Waals surface area contributed by atoms with Crippen molar-refractivity contribution in [3.63, 3.8) is 0 Å². The number of pyridine rings is 1. The maximum absolute atomic E-state index is 11.8. The molecule has 0 radical (unpaired) electrons. The number of carbonyl (C=O) groups is 1. The summed E-state index contributed by atoms with van der Waals surface area (Å²) >= 11 is 0. The maximum Gasteiger partial charge on any atom is 0.272 e. The second-order valence-electron chi connectivity index (χ2n) is 4.37. The highest BCUT2D eigenvalue weighted by Gasteiger charge is 2.20. The molecule has 9 nitrogen and oxygen atoms in total. The molecule has 0 aliphatic rings. The van der Waals surface area contributed by atoms with Crippen LogP contribution >= 0.6 is 0 Å². The molecule has 1 aromatic rings. The van der Waals surface area contributed by atoms with Gasteiger partial charge in [0.1, 0.15) is 6.04 Å². The molecular formula is C11H14N6O3. The van der Waals surface area contributed by atoms with Crippen molar-refractivity contribution in [2.75, 3.05) is 0 Å². The molecule has 20 heavy (non-hydrogen) atoms. The van der Waals surface area contributed by atoms with Crippen molar-refractivity contribution in [1.82, 2.24) is 10.3 Å². The minimum Gasteiger partial charge on any atom is -0.350 e. The lowest BCUT2D eigenvalue weighted by Crippen LogP contribution is -2.36. The summed E-state index contributed by atoms with van der Waals surface area (Å²) in [6.45, 7) is 3.54. The normalized spacial score (nSPS) is 11.6. The number of rotatable bonds is 6. The fourth-order valence-electron chi connectivity index (χ4n) is 1.50. The zero-order chi connectivity index (χ0) is 15.1. The van der Waals surface area contributed by atoms with E-state index in [2.05, 4.69) is 20.3 Å². The van der Waals surface area contributed by atoms with Crippen LogP contribution in [0, 0.1) is 16.0 Å². The van der Waals surface area contributed by atoms with E-state index >= 15 is 0 Å². The Balaban J connectivity index is 2.71. The molecule has 0 aliphatic carbocycles. The van der Waals surface area contributed by atoms with Gasteiger partial charge < -0.3 is 5.32 Å². The molecular weight excluding hydrogens is 264 g/mol. The number of amides is 1. The Morgan fingerprint density at radius 1 is 1.65 bits per heavy atom. The van der Waals surface area contributed by atoms with Crippen LogP contribution in [0.3, 0.4) is 0 Å². The average molecular weight is 278 g/mol. The Bertz CT molecular complexity index is 553. The van der Waals surface area contributed by atoms with Crippen LogP contribution in [-0.2, 0) is 11.3 Å². The summed E-state index contributed by atoms with van der Waals surface area (Å²) in [5.41, 5.74) is 8.67.